The monoisotopic (exact) mass is 602 g/mol. The average Bonchev–Trinajstić information content (AvgIpc) is 3.59. The first-order valence-corrected chi connectivity index (χ1v) is 15.7. The molecule has 1 aromatic heterocycles. The Morgan fingerprint density at radius 1 is 0.340 bits per heavy atom. The average molecular weight is 603 g/mol. The second-order valence-electron chi connectivity index (χ2n) is 11.9. The van der Waals surface area contributed by atoms with Crippen LogP contribution in [0.5, 0.6) is 0 Å². The standard InChI is InChI=1S/C46H28O/c1-3-14-33-29(11-1)13-9-21-36(33)44-39-18-7-5-16-37(39)43(38-17-6-8-19-40(38)44)32-25-23-31(24-26-32)35-20-10-22-41-42-28-27-30-12-2-4-15-34(30)46(42)47-45(35)41/h1-28H/i2D,4D,12D,15D,27D,28D. The van der Waals surface area contributed by atoms with E-state index in [2.05, 4.69) is 115 Å². The molecule has 0 aliphatic heterocycles. The molecule has 10 rings (SSSR count). The molecule has 0 spiro atoms. The molecule has 0 bridgehead atoms. The quantitative estimate of drug-likeness (QED) is 0.183. The molecule has 1 heteroatoms. The molecule has 9 aromatic carbocycles. The summed E-state index contributed by atoms with van der Waals surface area (Å²) in [5, 5.41) is 8.19. The third-order valence-electron chi connectivity index (χ3n) is 9.42. The normalized spacial score (nSPS) is 13.6. The van der Waals surface area contributed by atoms with Gasteiger partial charge in [0.05, 0.1) is 8.22 Å². The van der Waals surface area contributed by atoms with Crippen molar-refractivity contribution in [2.24, 2.45) is 0 Å². The third kappa shape index (κ3) is 3.90. The van der Waals surface area contributed by atoms with Crippen LogP contribution in [-0.4, -0.2) is 0 Å². The van der Waals surface area contributed by atoms with Crippen LogP contribution >= 0.6 is 0 Å². The van der Waals surface area contributed by atoms with Crippen LogP contribution in [0.25, 0.3) is 98.4 Å². The number of hydrogen-bond acceptors (Lipinski definition) is 1. The maximum Gasteiger partial charge on any atom is 0.143 e. The summed E-state index contributed by atoms with van der Waals surface area (Å²) < 4.78 is 57.8. The minimum Gasteiger partial charge on any atom is -0.455 e. The Kier molecular flexibility index (Phi) is 4.49. The molecule has 0 unspecified atom stereocenters. The van der Waals surface area contributed by atoms with Crippen LogP contribution in [0.3, 0.4) is 0 Å². The highest BCUT2D eigenvalue weighted by Crippen LogP contribution is 2.46. The molecule has 0 N–H and O–H groups in total. The summed E-state index contributed by atoms with van der Waals surface area (Å²) in [6, 6.07) is 44.5. The van der Waals surface area contributed by atoms with E-state index in [0.29, 0.717) is 16.4 Å². The molecule has 218 valence electrons. The molecule has 0 atom stereocenters. The molecule has 10 aromatic rings. The number of furan rings is 1. The summed E-state index contributed by atoms with van der Waals surface area (Å²) in [5.74, 6) is 0. The largest absolute Gasteiger partial charge is 0.455 e. The Morgan fingerprint density at radius 2 is 0.915 bits per heavy atom. The van der Waals surface area contributed by atoms with Gasteiger partial charge >= 0.3 is 0 Å². The minimum atomic E-state index is -0.435. The molecule has 0 radical (unpaired) electrons. The maximum atomic E-state index is 8.90. The fraction of sp³-hybridized carbons (Fsp3) is 0. The van der Waals surface area contributed by atoms with E-state index >= 15 is 0 Å². The Labute approximate surface area is 280 Å². The van der Waals surface area contributed by atoms with E-state index in [-0.39, 0.29) is 40.5 Å². The third-order valence-corrected chi connectivity index (χ3v) is 9.42. The number of hydrogen-bond donors (Lipinski definition) is 0. The van der Waals surface area contributed by atoms with Crippen molar-refractivity contribution in [2.45, 2.75) is 0 Å². The molecular formula is C46H28O. The van der Waals surface area contributed by atoms with Crippen molar-refractivity contribution < 1.29 is 12.6 Å². The maximum absolute atomic E-state index is 8.90. The van der Waals surface area contributed by atoms with E-state index in [4.69, 9.17) is 12.6 Å². The van der Waals surface area contributed by atoms with Gasteiger partial charge in [-0.2, -0.15) is 0 Å². The lowest BCUT2D eigenvalue weighted by Crippen LogP contribution is -1.91. The van der Waals surface area contributed by atoms with Gasteiger partial charge in [-0.1, -0.05) is 164 Å². The highest BCUT2D eigenvalue weighted by Gasteiger charge is 2.19. The first-order chi connectivity index (χ1) is 25.8. The summed E-state index contributed by atoms with van der Waals surface area (Å²) in [6.07, 6.45) is 0. The first-order valence-electron chi connectivity index (χ1n) is 18.7. The summed E-state index contributed by atoms with van der Waals surface area (Å²) in [6.45, 7) is 0. The lowest BCUT2D eigenvalue weighted by atomic mass is 9.84. The molecule has 0 fully saturated rings. The predicted octanol–water partition coefficient (Wildman–Crippen LogP) is 13.2. The molecule has 0 saturated heterocycles. The van der Waals surface area contributed by atoms with Gasteiger partial charge < -0.3 is 4.42 Å². The lowest BCUT2D eigenvalue weighted by Gasteiger charge is -2.19. The fourth-order valence-electron chi connectivity index (χ4n) is 7.34. The zero-order valence-corrected chi connectivity index (χ0v) is 25.1. The number of rotatable bonds is 3. The van der Waals surface area contributed by atoms with Gasteiger partial charge in [-0.05, 0) is 71.6 Å². The van der Waals surface area contributed by atoms with E-state index < -0.39 is 12.1 Å². The zero-order valence-electron chi connectivity index (χ0n) is 31.1. The van der Waals surface area contributed by atoms with Crippen LogP contribution in [-0.2, 0) is 0 Å². The van der Waals surface area contributed by atoms with Gasteiger partial charge in [-0.3, -0.25) is 0 Å². The summed E-state index contributed by atoms with van der Waals surface area (Å²) in [5.41, 5.74) is 7.00. The van der Waals surface area contributed by atoms with E-state index in [0.717, 1.165) is 33.0 Å². The predicted molar refractivity (Wildman–Crippen MR) is 200 cm³/mol. The van der Waals surface area contributed by atoms with E-state index in [9.17, 15) is 0 Å². The number of para-hydroxylation sites is 1. The van der Waals surface area contributed by atoms with Crippen LogP contribution in [0.1, 0.15) is 8.22 Å². The van der Waals surface area contributed by atoms with Gasteiger partial charge in [0.15, 0.2) is 0 Å². The molecule has 47 heavy (non-hydrogen) atoms. The van der Waals surface area contributed by atoms with Crippen molar-refractivity contribution in [1.82, 2.24) is 0 Å². The van der Waals surface area contributed by atoms with Crippen LogP contribution in [0.4, 0.5) is 0 Å². The van der Waals surface area contributed by atoms with Crippen molar-refractivity contribution in [3.05, 3.63) is 170 Å². The Balaban J connectivity index is 1.19. The Morgan fingerprint density at radius 3 is 1.68 bits per heavy atom. The Bertz CT molecular complexity index is 3120. The van der Waals surface area contributed by atoms with Gasteiger partial charge in [0, 0.05) is 21.7 Å². The molecule has 0 aliphatic carbocycles. The highest BCUT2D eigenvalue weighted by atomic mass is 16.3. The lowest BCUT2D eigenvalue weighted by molar-refractivity contribution is 0.674. The Hall–Kier alpha value is -6.18. The molecule has 0 amide bonds. The van der Waals surface area contributed by atoms with E-state index in [1.807, 2.05) is 18.2 Å². The van der Waals surface area contributed by atoms with Gasteiger partial charge in [-0.25, -0.2) is 0 Å². The van der Waals surface area contributed by atoms with Crippen LogP contribution < -0.4 is 0 Å². The summed E-state index contributed by atoms with van der Waals surface area (Å²) >= 11 is 0. The van der Waals surface area contributed by atoms with Gasteiger partial charge in [0.1, 0.15) is 11.2 Å². The van der Waals surface area contributed by atoms with Crippen LogP contribution in [0, 0.1) is 0 Å². The molecule has 0 saturated carbocycles. The molecule has 1 heterocycles. The van der Waals surface area contributed by atoms with Gasteiger partial charge in [0.25, 0.3) is 0 Å². The minimum absolute atomic E-state index is 0.00983. The number of benzene rings is 9. The zero-order chi connectivity index (χ0) is 36.1. The SMILES string of the molecule is [2H]c1c([2H])c([2H])c2c(c1[2H])c([2H])c([2H])c1c3cccc(-c4ccc(-c5c6ccccc6c(-c6cccc7ccccc67)c6ccccc56)cc4)c3oc21. The fourth-order valence-corrected chi connectivity index (χ4v) is 7.34. The van der Waals surface area contributed by atoms with Crippen molar-refractivity contribution in [1.29, 1.82) is 0 Å². The smallest absolute Gasteiger partial charge is 0.143 e. The topological polar surface area (TPSA) is 13.1 Å². The van der Waals surface area contributed by atoms with Crippen LogP contribution in [0.2, 0.25) is 0 Å². The summed E-state index contributed by atoms with van der Waals surface area (Å²) in [4.78, 5) is 0. The second kappa shape index (κ2) is 10.2. The van der Waals surface area contributed by atoms with Crippen molar-refractivity contribution in [2.75, 3.05) is 0 Å². The number of fused-ring (bicyclic) bond motifs is 8. The summed E-state index contributed by atoms with van der Waals surface area (Å²) in [7, 11) is 0. The van der Waals surface area contributed by atoms with Gasteiger partial charge in [0.2, 0.25) is 0 Å². The van der Waals surface area contributed by atoms with Gasteiger partial charge in [-0.15, -0.1) is 0 Å². The van der Waals surface area contributed by atoms with E-state index in [1.165, 1.54) is 32.7 Å². The van der Waals surface area contributed by atoms with Crippen LogP contribution in [0.15, 0.2) is 174 Å². The molecule has 0 aliphatic rings. The molecular weight excluding hydrogens is 569 g/mol. The van der Waals surface area contributed by atoms with Crippen molar-refractivity contribution >= 4 is 65.0 Å². The van der Waals surface area contributed by atoms with Crippen molar-refractivity contribution in [3.63, 3.8) is 0 Å². The molecule has 1 nitrogen and oxygen atoms in total. The first kappa shape index (κ1) is 20.8. The second-order valence-corrected chi connectivity index (χ2v) is 11.9. The highest BCUT2D eigenvalue weighted by molar-refractivity contribution is 6.23. The van der Waals surface area contributed by atoms with E-state index in [1.54, 1.807) is 0 Å². The van der Waals surface area contributed by atoms with Crippen molar-refractivity contribution in [3.8, 4) is 33.4 Å².